The molecule has 1 heterocycles. The van der Waals surface area contributed by atoms with Gasteiger partial charge in [-0.2, -0.15) is 5.10 Å². The molecule has 0 aliphatic heterocycles. The van der Waals surface area contributed by atoms with E-state index < -0.39 is 6.10 Å². The Morgan fingerprint density at radius 3 is 2.89 bits per heavy atom. The maximum Gasteiger partial charge on any atom is 0.0860 e. The third-order valence-electron chi connectivity index (χ3n) is 2.92. The van der Waals surface area contributed by atoms with Crippen molar-refractivity contribution in [2.24, 2.45) is 5.41 Å². The fourth-order valence-corrected chi connectivity index (χ4v) is 1.73. The minimum Gasteiger partial charge on any atom is -0.390 e. The second-order valence-electron chi connectivity index (χ2n) is 5.42. The molecule has 18 heavy (non-hydrogen) atoms. The van der Waals surface area contributed by atoms with Crippen LogP contribution >= 0.6 is 0 Å². The van der Waals surface area contributed by atoms with Gasteiger partial charge in [0.1, 0.15) is 0 Å². The van der Waals surface area contributed by atoms with Crippen molar-refractivity contribution < 1.29 is 9.84 Å². The molecular formula is C13H25N3O2. The summed E-state index contributed by atoms with van der Waals surface area (Å²) in [6.07, 6.45) is 4.16. The highest BCUT2D eigenvalue weighted by atomic mass is 16.5. The fourth-order valence-electron chi connectivity index (χ4n) is 1.73. The van der Waals surface area contributed by atoms with Crippen LogP contribution in [0.4, 0.5) is 0 Å². The van der Waals surface area contributed by atoms with Crippen LogP contribution in [0.2, 0.25) is 0 Å². The average Bonchev–Trinajstić information content (AvgIpc) is 2.79. The van der Waals surface area contributed by atoms with E-state index in [1.54, 1.807) is 18.0 Å². The molecule has 1 unspecified atom stereocenters. The van der Waals surface area contributed by atoms with Crippen LogP contribution in [-0.4, -0.2) is 47.8 Å². The molecule has 1 aromatic heterocycles. The summed E-state index contributed by atoms with van der Waals surface area (Å²) in [6, 6.07) is 1.86. The van der Waals surface area contributed by atoms with E-state index in [9.17, 15) is 5.11 Å². The van der Waals surface area contributed by atoms with Crippen LogP contribution in [0.5, 0.6) is 0 Å². The van der Waals surface area contributed by atoms with Crippen LogP contribution in [-0.2, 0) is 11.3 Å². The highest BCUT2D eigenvalue weighted by molar-refractivity contribution is 4.79. The zero-order chi connectivity index (χ0) is 13.4. The molecule has 0 fully saturated rings. The summed E-state index contributed by atoms with van der Waals surface area (Å²) in [5, 5.41) is 17.2. The summed E-state index contributed by atoms with van der Waals surface area (Å²) in [6.45, 7) is 7.13. The zero-order valence-electron chi connectivity index (χ0n) is 11.6. The highest BCUT2D eigenvalue weighted by Gasteiger charge is 2.17. The van der Waals surface area contributed by atoms with Crippen molar-refractivity contribution in [1.29, 1.82) is 0 Å². The van der Waals surface area contributed by atoms with E-state index in [0.29, 0.717) is 13.1 Å². The molecule has 0 radical (unpaired) electrons. The first kappa shape index (κ1) is 15.1. The summed E-state index contributed by atoms with van der Waals surface area (Å²) < 4.78 is 6.82. The van der Waals surface area contributed by atoms with E-state index in [-0.39, 0.29) is 5.41 Å². The van der Waals surface area contributed by atoms with Crippen molar-refractivity contribution in [1.82, 2.24) is 15.1 Å². The van der Waals surface area contributed by atoms with E-state index in [2.05, 4.69) is 24.3 Å². The monoisotopic (exact) mass is 255 g/mol. The van der Waals surface area contributed by atoms with Crippen LogP contribution in [0.25, 0.3) is 0 Å². The number of aliphatic hydroxyl groups excluding tert-OH is 1. The lowest BCUT2D eigenvalue weighted by Gasteiger charge is -2.25. The summed E-state index contributed by atoms with van der Waals surface area (Å²) in [5.74, 6) is 0. The van der Waals surface area contributed by atoms with Gasteiger partial charge in [-0.25, -0.2) is 0 Å². The van der Waals surface area contributed by atoms with Gasteiger partial charge in [0.15, 0.2) is 0 Å². The molecule has 0 saturated heterocycles. The van der Waals surface area contributed by atoms with Crippen molar-refractivity contribution in [2.75, 3.05) is 26.8 Å². The third kappa shape index (κ3) is 6.14. The van der Waals surface area contributed by atoms with Crippen LogP contribution in [0, 0.1) is 5.41 Å². The molecule has 104 valence electrons. The van der Waals surface area contributed by atoms with Gasteiger partial charge >= 0.3 is 0 Å². The van der Waals surface area contributed by atoms with Gasteiger partial charge in [-0.05, 0) is 17.9 Å². The van der Waals surface area contributed by atoms with Crippen molar-refractivity contribution in [3.63, 3.8) is 0 Å². The van der Waals surface area contributed by atoms with Gasteiger partial charge < -0.3 is 15.2 Å². The van der Waals surface area contributed by atoms with Crippen LogP contribution in [0.15, 0.2) is 18.5 Å². The van der Waals surface area contributed by atoms with Gasteiger partial charge in [-0.15, -0.1) is 0 Å². The van der Waals surface area contributed by atoms with Crippen molar-refractivity contribution in [3.8, 4) is 0 Å². The quantitative estimate of drug-likeness (QED) is 0.688. The van der Waals surface area contributed by atoms with Crippen LogP contribution in [0.1, 0.15) is 20.3 Å². The molecule has 0 aliphatic carbocycles. The number of hydrogen-bond acceptors (Lipinski definition) is 4. The molecule has 1 atom stereocenters. The first-order valence-electron chi connectivity index (χ1n) is 6.39. The lowest BCUT2D eigenvalue weighted by atomic mass is 9.90. The molecule has 1 aromatic rings. The number of methoxy groups -OCH3 is 1. The second-order valence-corrected chi connectivity index (χ2v) is 5.42. The number of nitrogens with one attached hydrogen (secondary N) is 1. The average molecular weight is 255 g/mol. The van der Waals surface area contributed by atoms with E-state index in [1.807, 2.05) is 12.3 Å². The molecule has 0 saturated carbocycles. The Bertz CT molecular complexity index is 312. The lowest BCUT2D eigenvalue weighted by Crippen LogP contribution is -2.36. The van der Waals surface area contributed by atoms with E-state index in [0.717, 1.165) is 19.6 Å². The van der Waals surface area contributed by atoms with Gasteiger partial charge in [0, 0.05) is 39.2 Å². The van der Waals surface area contributed by atoms with E-state index >= 15 is 0 Å². The van der Waals surface area contributed by atoms with Crippen molar-refractivity contribution in [3.05, 3.63) is 18.5 Å². The Hall–Kier alpha value is -0.910. The summed E-state index contributed by atoms with van der Waals surface area (Å²) in [5.41, 5.74) is 0.182. The molecule has 2 N–H and O–H groups in total. The van der Waals surface area contributed by atoms with Gasteiger partial charge in [0.05, 0.1) is 12.6 Å². The van der Waals surface area contributed by atoms with Gasteiger partial charge in [0.2, 0.25) is 0 Å². The van der Waals surface area contributed by atoms with Crippen LogP contribution < -0.4 is 5.32 Å². The topological polar surface area (TPSA) is 59.3 Å². The number of ether oxygens (including phenoxy) is 1. The molecular weight excluding hydrogens is 230 g/mol. The minimum absolute atomic E-state index is 0.182. The fraction of sp³-hybridized carbons (Fsp3) is 0.769. The largest absolute Gasteiger partial charge is 0.390 e. The second kappa shape index (κ2) is 7.51. The Morgan fingerprint density at radius 1 is 1.50 bits per heavy atom. The molecule has 0 aliphatic rings. The maximum atomic E-state index is 9.85. The number of aromatic nitrogens is 2. The highest BCUT2D eigenvalue weighted by Crippen LogP contribution is 2.18. The summed E-state index contributed by atoms with van der Waals surface area (Å²) in [7, 11) is 1.72. The molecule has 0 aromatic carbocycles. The molecule has 5 nitrogen and oxygen atoms in total. The van der Waals surface area contributed by atoms with Gasteiger partial charge in [0.25, 0.3) is 0 Å². The van der Waals surface area contributed by atoms with Crippen molar-refractivity contribution in [2.45, 2.75) is 32.9 Å². The minimum atomic E-state index is -0.414. The maximum absolute atomic E-state index is 9.85. The predicted molar refractivity (Wildman–Crippen MR) is 71.4 cm³/mol. The smallest absolute Gasteiger partial charge is 0.0860 e. The lowest BCUT2D eigenvalue weighted by molar-refractivity contribution is 0.130. The Kier molecular flexibility index (Phi) is 6.32. The number of hydrogen-bond donors (Lipinski definition) is 2. The third-order valence-corrected chi connectivity index (χ3v) is 2.92. The Labute approximate surface area is 109 Å². The molecule has 0 spiro atoms. The van der Waals surface area contributed by atoms with E-state index in [1.165, 1.54) is 0 Å². The van der Waals surface area contributed by atoms with E-state index in [4.69, 9.17) is 4.74 Å². The molecule has 0 bridgehead atoms. The van der Waals surface area contributed by atoms with Crippen molar-refractivity contribution >= 4 is 0 Å². The first-order chi connectivity index (χ1) is 8.53. The number of aliphatic hydroxyl groups is 1. The normalized spacial score (nSPS) is 13.8. The summed E-state index contributed by atoms with van der Waals surface area (Å²) >= 11 is 0. The molecule has 1 rings (SSSR count). The SMILES string of the molecule is COCCC(C)(C)CNCC(O)Cn1cccn1. The molecule has 5 heteroatoms. The van der Waals surface area contributed by atoms with Gasteiger partial charge in [-0.3, -0.25) is 4.68 Å². The molecule has 0 amide bonds. The van der Waals surface area contributed by atoms with Crippen LogP contribution in [0.3, 0.4) is 0 Å². The Morgan fingerprint density at radius 2 is 2.28 bits per heavy atom. The van der Waals surface area contributed by atoms with Gasteiger partial charge in [-0.1, -0.05) is 13.8 Å². The Balaban J connectivity index is 2.16. The standard InChI is InChI=1S/C13H25N3O2/c1-13(2,5-8-18-3)11-14-9-12(17)10-16-7-4-6-15-16/h4,6-7,12,14,17H,5,8-11H2,1-3H3. The summed E-state index contributed by atoms with van der Waals surface area (Å²) in [4.78, 5) is 0. The number of rotatable bonds is 9. The zero-order valence-corrected chi connectivity index (χ0v) is 11.6. The number of nitrogens with zero attached hydrogens (tertiary/aromatic N) is 2. The predicted octanol–water partition coefficient (Wildman–Crippen LogP) is 0.896. The first-order valence-corrected chi connectivity index (χ1v) is 6.39.